The molecule has 120 valence electrons. The molecule has 24 heavy (non-hydrogen) atoms. The minimum Gasteiger partial charge on any atom is -0.422 e. The number of para-hydroxylation sites is 1. The Kier molecular flexibility index (Phi) is 3.45. The molecule has 1 aliphatic heterocycles. The summed E-state index contributed by atoms with van der Waals surface area (Å²) in [6.45, 7) is 4.18. The van der Waals surface area contributed by atoms with Gasteiger partial charge in [-0.25, -0.2) is 4.79 Å². The lowest BCUT2D eigenvalue weighted by molar-refractivity contribution is 0.559. The molecule has 1 aliphatic rings. The third kappa shape index (κ3) is 2.50. The number of nitrogens with zero attached hydrogens (tertiary/aromatic N) is 1. The van der Waals surface area contributed by atoms with Gasteiger partial charge in [-0.05, 0) is 37.1 Å². The van der Waals surface area contributed by atoms with Crippen molar-refractivity contribution in [3.8, 4) is 0 Å². The first-order chi connectivity index (χ1) is 11.6. The van der Waals surface area contributed by atoms with Gasteiger partial charge in [0.1, 0.15) is 5.58 Å². The molecule has 1 atom stereocenters. The van der Waals surface area contributed by atoms with E-state index in [2.05, 4.69) is 42.6 Å². The second kappa shape index (κ2) is 5.64. The van der Waals surface area contributed by atoms with E-state index >= 15 is 0 Å². The normalized spacial score (nSPS) is 16.9. The lowest BCUT2D eigenvalue weighted by Gasteiger charge is -2.14. The predicted molar refractivity (Wildman–Crippen MR) is 95.4 cm³/mol. The Morgan fingerprint density at radius 1 is 1.12 bits per heavy atom. The maximum absolute atomic E-state index is 12.3. The molecule has 1 N–H and O–H groups in total. The van der Waals surface area contributed by atoms with E-state index in [-0.39, 0.29) is 11.7 Å². The van der Waals surface area contributed by atoms with Gasteiger partial charge in [-0.3, -0.25) is 0 Å². The smallest absolute Gasteiger partial charge is 0.345 e. The Hall–Kier alpha value is -2.88. The molecule has 0 saturated carbocycles. The molecule has 4 nitrogen and oxygen atoms in total. The summed E-state index contributed by atoms with van der Waals surface area (Å²) in [5.41, 5.74) is 8.38. The average Bonchev–Trinajstić information content (AvgIpc) is 3.06. The van der Waals surface area contributed by atoms with Crippen LogP contribution in [0.3, 0.4) is 0 Å². The zero-order valence-corrected chi connectivity index (χ0v) is 13.7. The maximum atomic E-state index is 12.3. The van der Waals surface area contributed by atoms with Crippen LogP contribution in [0.25, 0.3) is 11.0 Å². The number of hydrogen-bond acceptors (Lipinski definition) is 4. The number of hydrogen-bond donors (Lipinski definition) is 1. The zero-order valence-electron chi connectivity index (χ0n) is 13.7. The van der Waals surface area contributed by atoms with Gasteiger partial charge >= 0.3 is 5.63 Å². The molecule has 0 fully saturated rings. The van der Waals surface area contributed by atoms with E-state index < -0.39 is 0 Å². The van der Waals surface area contributed by atoms with Gasteiger partial charge in [0.25, 0.3) is 0 Å². The van der Waals surface area contributed by atoms with Crippen molar-refractivity contribution in [1.82, 2.24) is 5.43 Å². The van der Waals surface area contributed by atoms with E-state index in [1.807, 2.05) is 24.3 Å². The van der Waals surface area contributed by atoms with Crippen molar-refractivity contribution in [2.24, 2.45) is 5.10 Å². The molecule has 0 bridgehead atoms. The quantitative estimate of drug-likeness (QED) is 0.730. The van der Waals surface area contributed by atoms with Crippen LogP contribution >= 0.6 is 0 Å². The summed E-state index contributed by atoms with van der Waals surface area (Å²) in [5, 5.41) is 5.32. The molecule has 3 aromatic rings. The topological polar surface area (TPSA) is 54.6 Å². The van der Waals surface area contributed by atoms with Gasteiger partial charge < -0.3 is 9.84 Å². The highest BCUT2D eigenvalue weighted by Crippen LogP contribution is 2.27. The highest BCUT2D eigenvalue weighted by molar-refractivity contribution is 6.03. The summed E-state index contributed by atoms with van der Waals surface area (Å²) in [6, 6.07) is 15.9. The lowest BCUT2D eigenvalue weighted by Crippen LogP contribution is -2.14. The fourth-order valence-corrected chi connectivity index (χ4v) is 3.19. The third-order valence-corrected chi connectivity index (χ3v) is 4.52. The largest absolute Gasteiger partial charge is 0.422 e. The molecule has 0 radical (unpaired) electrons. The van der Waals surface area contributed by atoms with E-state index in [0.717, 1.165) is 11.1 Å². The van der Waals surface area contributed by atoms with E-state index in [1.54, 1.807) is 6.07 Å². The van der Waals surface area contributed by atoms with E-state index in [0.29, 0.717) is 17.6 Å². The predicted octanol–water partition coefficient (Wildman–Crippen LogP) is 3.85. The standard InChI is InChI=1S/C20H18N2O2/c1-12-7-8-13(2)15(9-12)17-11-18(22-21-17)16-10-14-5-3-4-6-19(14)24-20(16)23/h3-10,17,21H,11H2,1-2H3/t17-/m1/s1. The molecule has 4 rings (SSSR count). The van der Waals surface area contributed by atoms with Crippen molar-refractivity contribution in [2.45, 2.75) is 26.3 Å². The molecule has 2 aromatic carbocycles. The monoisotopic (exact) mass is 318 g/mol. The first-order valence-electron chi connectivity index (χ1n) is 8.04. The summed E-state index contributed by atoms with van der Waals surface area (Å²) in [5.74, 6) is 0. The number of hydrazone groups is 1. The van der Waals surface area contributed by atoms with Crippen molar-refractivity contribution >= 4 is 16.7 Å². The summed E-state index contributed by atoms with van der Waals surface area (Å²) in [4.78, 5) is 12.3. The molecular weight excluding hydrogens is 300 g/mol. The van der Waals surface area contributed by atoms with E-state index in [1.165, 1.54) is 16.7 Å². The van der Waals surface area contributed by atoms with Gasteiger partial charge in [0, 0.05) is 11.8 Å². The fourth-order valence-electron chi connectivity index (χ4n) is 3.19. The second-order valence-corrected chi connectivity index (χ2v) is 6.29. The Bertz CT molecular complexity index is 1020. The highest BCUT2D eigenvalue weighted by atomic mass is 16.4. The Balaban J connectivity index is 1.69. The summed E-state index contributed by atoms with van der Waals surface area (Å²) in [7, 11) is 0. The number of benzene rings is 2. The molecule has 0 amide bonds. The first kappa shape index (κ1) is 14.7. The summed E-state index contributed by atoms with van der Waals surface area (Å²) in [6.07, 6.45) is 0.674. The third-order valence-electron chi connectivity index (χ3n) is 4.52. The highest BCUT2D eigenvalue weighted by Gasteiger charge is 2.25. The van der Waals surface area contributed by atoms with Crippen molar-refractivity contribution < 1.29 is 4.42 Å². The SMILES string of the molecule is Cc1ccc(C)c([C@H]2CC(c3cc4ccccc4oc3=O)=NN2)c1. The molecule has 2 heterocycles. The van der Waals surface area contributed by atoms with Gasteiger partial charge in [0.05, 0.1) is 17.3 Å². The maximum Gasteiger partial charge on any atom is 0.345 e. The minimum absolute atomic E-state index is 0.0887. The molecule has 0 aliphatic carbocycles. The molecule has 1 aromatic heterocycles. The van der Waals surface area contributed by atoms with Gasteiger partial charge in [0.2, 0.25) is 0 Å². The summed E-state index contributed by atoms with van der Waals surface area (Å²) >= 11 is 0. The minimum atomic E-state index is -0.337. The molecule has 4 heteroatoms. The van der Waals surface area contributed by atoms with E-state index in [4.69, 9.17) is 4.42 Å². The van der Waals surface area contributed by atoms with Crippen LogP contribution in [-0.4, -0.2) is 5.71 Å². The van der Waals surface area contributed by atoms with Gasteiger partial charge in [-0.15, -0.1) is 0 Å². The molecular formula is C20H18N2O2. The van der Waals surface area contributed by atoms with E-state index in [9.17, 15) is 4.79 Å². The molecule has 0 saturated heterocycles. The Morgan fingerprint density at radius 3 is 2.83 bits per heavy atom. The second-order valence-electron chi connectivity index (χ2n) is 6.29. The van der Waals surface area contributed by atoms with Crippen LogP contribution in [0.5, 0.6) is 0 Å². The number of aryl methyl sites for hydroxylation is 2. The number of rotatable bonds is 2. The van der Waals surface area contributed by atoms with Gasteiger partial charge in [-0.1, -0.05) is 42.0 Å². The Morgan fingerprint density at radius 2 is 1.96 bits per heavy atom. The summed E-state index contributed by atoms with van der Waals surface area (Å²) < 4.78 is 5.42. The van der Waals surface area contributed by atoms with Crippen LogP contribution in [0, 0.1) is 13.8 Å². The van der Waals surface area contributed by atoms with Crippen LogP contribution < -0.4 is 11.1 Å². The van der Waals surface area contributed by atoms with Crippen LogP contribution in [0.1, 0.15) is 34.7 Å². The first-order valence-corrected chi connectivity index (χ1v) is 8.04. The molecule has 0 spiro atoms. The van der Waals surface area contributed by atoms with Crippen molar-refractivity contribution in [2.75, 3.05) is 0 Å². The van der Waals surface area contributed by atoms with Gasteiger partial charge in [-0.2, -0.15) is 5.10 Å². The fraction of sp³-hybridized carbons (Fsp3) is 0.200. The zero-order chi connectivity index (χ0) is 16.7. The van der Waals surface area contributed by atoms with Crippen LogP contribution in [0.15, 0.2) is 62.8 Å². The van der Waals surface area contributed by atoms with Crippen molar-refractivity contribution in [3.05, 3.63) is 81.2 Å². The van der Waals surface area contributed by atoms with Crippen molar-refractivity contribution in [1.29, 1.82) is 0 Å². The van der Waals surface area contributed by atoms with Crippen molar-refractivity contribution in [3.63, 3.8) is 0 Å². The lowest BCUT2D eigenvalue weighted by atomic mass is 9.95. The molecule has 0 unspecified atom stereocenters. The van der Waals surface area contributed by atoms with Crippen LogP contribution in [-0.2, 0) is 0 Å². The number of nitrogens with one attached hydrogen (secondary N) is 1. The average molecular weight is 318 g/mol. The Labute approximate surface area is 139 Å². The van der Waals surface area contributed by atoms with Crippen LogP contribution in [0.4, 0.5) is 0 Å². The van der Waals surface area contributed by atoms with Gasteiger partial charge in [0.15, 0.2) is 0 Å². The number of fused-ring (bicyclic) bond motifs is 1. The van der Waals surface area contributed by atoms with Crippen LogP contribution in [0.2, 0.25) is 0 Å².